The molecule has 0 radical (unpaired) electrons. The van der Waals surface area contributed by atoms with Crippen LogP contribution >= 0.6 is 0 Å². The molecule has 1 saturated carbocycles. The minimum atomic E-state index is -1.13. The van der Waals surface area contributed by atoms with Crippen molar-refractivity contribution >= 4 is 28.5 Å². The van der Waals surface area contributed by atoms with Gasteiger partial charge in [0, 0.05) is 38.5 Å². The minimum absolute atomic E-state index is 0.0643. The Kier molecular flexibility index (Phi) is 11.6. The van der Waals surface area contributed by atoms with Crippen molar-refractivity contribution in [3.05, 3.63) is 95.6 Å². The van der Waals surface area contributed by atoms with Crippen LogP contribution in [0.1, 0.15) is 50.7 Å². The second kappa shape index (κ2) is 15.4. The van der Waals surface area contributed by atoms with Gasteiger partial charge in [0.2, 0.25) is 17.7 Å². The summed E-state index contributed by atoms with van der Waals surface area (Å²) in [5.74, 6) is -3.51. The van der Waals surface area contributed by atoms with Gasteiger partial charge in [-0.2, -0.15) is 0 Å². The number of carbonyl (C=O) groups is 3. The topological polar surface area (TPSA) is 116 Å². The highest BCUT2D eigenvalue weighted by Gasteiger charge is 2.36. The molecule has 1 fully saturated rings. The first-order chi connectivity index (χ1) is 21.9. The predicted octanol–water partition coefficient (Wildman–Crippen LogP) is 4.27. The molecule has 3 aromatic rings. The van der Waals surface area contributed by atoms with Gasteiger partial charge in [-0.1, -0.05) is 54.6 Å². The molecular weight excluding hydrogens is 590 g/mol. The van der Waals surface area contributed by atoms with Crippen molar-refractivity contribution in [2.24, 2.45) is 5.73 Å². The van der Waals surface area contributed by atoms with Gasteiger partial charge >= 0.3 is 0 Å². The van der Waals surface area contributed by atoms with Crippen LogP contribution in [0, 0.1) is 11.6 Å². The molecule has 3 aromatic carbocycles. The third-order valence-corrected chi connectivity index (χ3v) is 8.76. The van der Waals surface area contributed by atoms with E-state index in [0.29, 0.717) is 12.0 Å². The molecule has 0 saturated heterocycles. The average molecular weight is 635 g/mol. The maximum Gasteiger partial charge on any atom is 0.246 e. The van der Waals surface area contributed by atoms with E-state index in [9.17, 15) is 28.3 Å². The molecule has 0 heterocycles. The summed E-state index contributed by atoms with van der Waals surface area (Å²) in [6.45, 7) is 3.26. The highest BCUT2D eigenvalue weighted by atomic mass is 19.2. The Morgan fingerprint density at radius 1 is 0.978 bits per heavy atom. The molecule has 0 aromatic heterocycles. The zero-order valence-electron chi connectivity index (χ0n) is 26.7. The summed E-state index contributed by atoms with van der Waals surface area (Å²) < 4.78 is 27.9. The lowest BCUT2D eigenvalue weighted by Crippen LogP contribution is -2.57. The fourth-order valence-corrected chi connectivity index (χ4v) is 5.80. The quantitative estimate of drug-likeness (QED) is 0.229. The maximum absolute atomic E-state index is 14.5. The van der Waals surface area contributed by atoms with Crippen LogP contribution in [0.4, 0.5) is 8.78 Å². The molecule has 1 aliphatic rings. The van der Waals surface area contributed by atoms with Crippen LogP contribution in [-0.4, -0.2) is 76.5 Å². The molecule has 3 atom stereocenters. The van der Waals surface area contributed by atoms with E-state index >= 15 is 0 Å². The number of carbonyl (C=O) groups excluding carboxylic acids is 3. The van der Waals surface area contributed by atoms with Crippen LogP contribution in [0.3, 0.4) is 0 Å². The number of fused-ring (bicyclic) bond motifs is 1. The Balaban J connectivity index is 1.67. The van der Waals surface area contributed by atoms with Crippen LogP contribution in [0.2, 0.25) is 0 Å². The van der Waals surface area contributed by atoms with Crippen molar-refractivity contribution in [2.45, 2.75) is 76.1 Å². The van der Waals surface area contributed by atoms with Gasteiger partial charge in [0.05, 0.1) is 6.10 Å². The van der Waals surface area contributed by atoms with Crippen LogP contribution in [-0.2, 0) is 27.2 Å². The lowest BCUT2D eigenvalue weighted by atomic mass is 9.75. The van der Waals surface area contributed by atoms with Crippen molar-refractivity contribution in [2.75, 3.05) is 20.1 Å². The van der Waals surface area contributed by atoms with E-state index in [1.54, 1.807) is 20.0 Å². The lowest BCUT2D eigenvalue weighted by molar-refractivity contribution is -0.147. The monoisotopic (exact) mass is 634 g/mol. The second-order valence-corrected chi connectivity index (χ2v) is 12.4. The highest BCUT2D eigenvalue weighted by molar-refractivity contribution is 5.95. The average Bonchev–Trinajstić information content (AvgIpc) is 3.02. The number of nitrogens with zero attached hydrogens (tertiary/aromatic N) is 2. The maximum atomic E-state index is 14.5. The van der Waals surface area contributed by atoms with Crippen molar-refractivity contribution in [1.29, 1.82) is 0 Å². The Hall–Kier alpha value is -4.15. The first kappa shape index (κ1) is 34.7. The molecule has 46 heavy (non-hydrogen) atoms. The summed E-state index contributed by atoms with van der Waals surface area (Å²) in [7, 11) is 1.56. The summed E-state index contributed by atoms with van der Waals surface area (Å²) in [6.07, 6.45) is 5.81. The van der Waals surface area contributed by atoms with Crippen molar-refractivity contribution in [1.82, 2.24) is 15.1 Å². The minimum Gasteiger partial charge on any atom is -0.392 e. The molecule has 8 nitrogen and oxygen atoms in total. The molecular formula is C36H44F2N4O4. The summed E-state index contributed by atoms with van der Waals surface area (Å²) in [4.78, 5) is 44.2. The van der Waals surface area contributed by atoms with Crippen molar-refractivity contribution in [3.63, 3.8) is 0 Å². The van der Waals surface area contributed by atoms with E-state index in [-0.39, 0.29) is 37.4 Å². The number of halogens is 2. The normalized spacial score (nSPS) is 16.0. The highest BCUT2D eigenvalue weighted by Crippen LogP contribution is 2.32. The standard InChI is InChI=1S/C36H44F2N4O4/c1-4-42(31(34(45)40-23-24(2)43)21-26-13-15-29(37)30(38)20-26)35(46)32(22-25-12-14-27-9-5-6-10-28(27)19-25)41(3)33(44)11-7-16-36(39)17-8-18-36/h5-7,9-15,19-20,24,31-32,43H,4,8,16-18,21-23,39H2,1-3H3,(H,40,45)/b11-7+/t24-,31-,32-/m1/s1. The number of likely N-dealkylation sites (N-methyl/N-ethyl adjacent to an activating group) is 2. The van der Waals surface area contributed by atoms with Gasteiger partial charge in [0.1, 0.15) is 12.1 Å². The number of aliphatic hydroxyl groups excluding tert-OH is 1. The summed E-state index contributed by atoms with van der Waals surface area (Å²) >= 11 is 0. The van der Waals surface area contributed by atoms with Crippen molar-refractivity contribution < 1.29 is 28.3 Å². The number of nitrogens with two attached hydrogens (primary N) is 1. The van der Waals surface area contributed by atoms with Gasteiger partial charge in [-0.25, -0.2) is 8.78 Å². The summed E-state index contributed by atoms with van der Waals surface area (Å²) in [6, 6.07) is 14.9. The molecule has 10 heteroatoms. The van der Waals surface area contributed by atoms with Gasteiger partial charge in [-0.3, -0.25) is 14.4 Å². The zero-order valence-corrected chi connectivity index (χ0v) is 26.7. The van der Waals surface area contributed by atoms with Gasteiger partial charge < -0.3 is 26.0 Å². The molecule has 4 rings (SSSR count). The van der Waals surface area contributed by atoms with Gasteiger partial charge in [-0.05, 0) is 79.6 Å². The third-order valence-electron chi connectivity index (χ3n) is 8.76. The number of benzene rings is 3. The molecule has 3 amide bonds. The second-order valence-electron chi connectivity index (χ2n) is 12.4. The lowest BCUT2D eigenvalue weighted by Gasteiger charge is -2.37. The number of nitrogens with one attached hydrogen (secondary N) is 1. The van der Waals surface area contributed by atoms with Crippen LogP contribution in [0.25, 0.3) is 10.8 Å². The Labute approximate surface area is 269 Å². The number of hydrogen-bond acceptors (Lipinski definition) is 5. The number of hydrogen-bond donors (Lipinski definition) is 3. The first-order valence-corrected chi connectivity index (χ1v) is 15.8. The van der Waals surface area contributed by atoms with E-state index in [2.05, 4.69) is 5.32 Å². The van der Waals surface area contributed by atoms with E-state index in [1.807, 2.05) is 42.5 Å². The number of aliphatic hydroxyl groups is 1. The fourth-order valence-electron chi connectivity index (χ4n) is 5.80. The molecule has 0 spiro atoms. The van der Waals surface area contributed by atoms with Gasteiger partial charge in [0.15, 0.2) is 11.6 Å². The number of rotatable bonds is 14. The Bertz CT molecular complexity index is 1570. The SMILES string of the molecule is CCN(C(=O)[C@@H](Cc1ccc2ccccc2c1)N(C)C(=O)/C=C/CC1(N)CCC1)[C@H](Cc1ccc(F)c(F)c1)C(=O)NC[C@@H](C)O. The summed E-state index contributed by atoms with van der Waals surface area (Å²) in [5, 5.41) is 14.5. The van der Waals surface area contributed by atoms with E-state index in [1.165, 1.54) is 28.9 Å². The Morgan fingerprint density at radius 3 is 2.26 bits per heavy atom. The predicted molar refractivity (Wildman–Crippen MR) is 175 cm³/mol. The molecule has 0 bridgehead atoms. The zero-order chi connectivity index (χ0) is 33.4. The molecule has 0 unspecified atom stereocenters. The Morgan fingerprint density at radius 2 is 1.63 bits per heavy atom. The largest absolute Gasteiger partial charge is 0.392 e. The molecule has 246 valence electrons. The van der Waals surface area contributed by atoms with Crippen LogP contribution < -0.4 is 11.1 Å². The molecule has 0 aliphatic heterocycles. The van der Waals surface area contributed by atoms with Gasteiger partial charge in [-0.15, -0.1) is 0 Å². The van der Waals surface area contributed by atoms with E-state index in [0.717, 1.165) is 47.7 Å². The van der Waals surface area contributed by atoms with Gasteiger partial charge in [0.25, 0.3) is 0 Å². The third kappa shape index (κ3) is 8.76. The number of amides is 3. The molecule has 4 N–H and O–H groups in total. The fraction of sp³-hybridized carbons (Fsp3) is 0.417. The summed E-state index contributed by atoms with van der Waals surface area (Å²) in [5.41, 5.74) is 7.16. The first-order valence-electron chi connectivity index (χ1n) is 15.8. The van der Waals surface area contributed by atoms with E-state index < -0.39 is 41.6 Å². The van der Waals surface area contributed by atoms with E-state index in [4.69, 9.17) is 5.73 Å². The van der Waals surface area contributed by atoms with Crippen LogP contribution in [0.5, 0.6) is 0 Å². The smallest absolute Gasteiger partial charge is 0.246 e. The van der Waals surface area contributed by atoms with Crippen LogP contribution in [0.15, 0.2) is 72.8 Å². The molecule has 1 aliphatic carbocycles. The van der Waals surface area contributed by atoms with Crippen molar-refractivity contribution in [3.8, 4) is 0 Å².